The van der Waals surface area contributed by atoms with Crippen LogP contribution in [0.5, 0.6) is 0 Å². The van der Waals surface area contributed by atoms with E-state index in [2.05, 4.69) is 17.1 Å². The summed E-state index contributed by atoms with van der Waals surface area (Å²) in [5.74, 6) is 0.194. The lowest BCUT2D eigenvalue weighted by atomic mass is 9.85. The predicted octanol–water partition coefficient (Wildman–Crippen LogP) is 1.45. The Kier molecular flexibility index (Phi) is 1.71. The third kappa shape index (κ3) is 1.05. The van der Waals surface area contributed by atoms with Crippen LogP contribution >= 0.6 is 11.3 Å². The van der Waals surface area contributed by atoms with Crippen LogP contribution in [0.1, 0.15) is 6.42 Å². The summed E-state index contributed by atoms with van der Waals surface area (Å²) in [4.78, 5) is 30.0. The number of allylic oxidation sites excluding steroid dienone is 2. The first-order valence-electron chi connectivity index (χ1n) is 5.73. The smallest absolute Gasteiger partial charge is 0.240 e. The molecular formula is C12H10N2O2S. The molecule has 0 unspecified atom stereocenters. The van der Waals surface area contributed by atoms with E-state index in [0.29, 0.717) is 5.13 Å². The van der Waals surface area contributed by atoms with E-state index in [1.165, 1.54) is 16.2 Å². The summed E-state index contributed by atoms with van der Waals surface area (Å²) >= 11 is 1.34. The molecule has 2 fully saturated rings. The van der Waals surface area contributed by atoms with Crippen molar-refractivity contribution in [3.8, 4) is 0 Å². The number of imide groups is 1. The molecule has 0 N–H and O–H groups in total. The Morgan fingerprint density at radius 1 is 1.18 bits per heavy atom. The van der Waals surface area contributed by atoms with Crippen LogP contribution in [-0.2, 0) is 9.59 Å². The minimum absolute atomic E-state index is 0.0493. The molecule has 0 aromatic carbocycles. The normalized spacial score (nSPS) is 38.2. The van der Waals surface area contributed by atoms with Crippen LogP contribution in [0.4, 0.5) is 5.13 Å². The number of fused-ring (bicyclic) bond motifs is 5. The third-order valence-electron chi connectivity index (χ3n) is 4.08. The number of nitrogens with zero attached hydrogens (tertiary/aromatic N) is 2. The zero-order chi connectivity index (χ0) is 11.6. The van der Waals surface area contributed by atoms with E-state index >= 15 is 0 Å². The molecule has 4 rings (SSSR count). The van der Waals surface area contributed by atoms with Crippen molar-refractivity contribution in [2.75, 3.05) is 4.90 Å². The molecule has 86 valence electrons. The first-order valence-corrected chi connectivity index (χ1v) is 6.61. The molecule has 1 aromatic rings. The molecule has 1 aliphatic heterocycles. The van der Waals surface area contributed by atoms with E-state index in [9.17, 15) is 9.59 Å². The molecule has 2 aliphatic carbocycles. The van der Waals surface area contributed by atoms with Gasteiger partial charge in [-0.1, -0.05) is 12.2 Å². The average molecular weight is 246 g/mol. The number of thiazole rings is 1. The van der Waals surface area contributed by atoms with Crippen molar-refractivity contribution in [1.82, 2.24) is 4.98 Å². The zero-order valence-electron chi connectivity index (χ0n) is 8.95. The summed E-state index contributed by atoms with van der Waals surface area (Å²) in [6.45, 7) is 0. The number of anilines is 1. The largest absolute Gasteiger partial charge is 0.274 e. The van der Waals surface area contributed by atoms with E-state index < -0.39 is 0 Å². The molecule has 1 aromatic heterocycles. The lowest BCUT2D eigenvalue weighted by molar-refractivity contribution is -0.123. The number of rotatable bonds is 1. The lowest BCUT2D eigenvalue weighted by Crippen LogP contribution is -2.32. The maximum absolute atomic E-state index is 12.3. The van der Waals surface area contributed by atoms with Gasteiger partial charge in [-0.2, -0.15) is 0 Å². The maximum Gasteiger partial charge on any atom is 0.240 e. The molecule has 2 heterocycles. The highest BCUT2D eigenvalue weighted by Gasteiger charge is 2.60. The molecule has 1 saturated carbocycles. The maximum atomic E-state index is 12.3. The van der Waals surface area contributed by atoms with Crippen LogP contribution in [0.3, 0.4) is 0 Å². The minimum Gasteiger partial charge on any atom is -0.274 e. The first kappa shape index (κ1) is 9.53. The van der Waals surface area contributed by atoms with Gasteiger partial charge in [-0.05, 0) is 18.3 Å². The van der Waals surface area contributed by atoms with Crippen molar-refractivity contribution in [3.63, 3.8) is 0 Å². The summed E-state index contributed by atoms with van der Waals surface area (Å²) in [7, 11) is 0. The molecule has 2 bridgehead atoms. The highest BCUT2D eigenvalue weighted by atomic mass is 32.1. The molecule has 0 radical (unpaired) electrons. The van der Waals surface area contributed by atoms with Crippen molar-refractivity contribution in [2.24, 2.45) is 23.7 Å². The van der Waals surface area contributed by atoms with Crippen molar-refractivity contribution in [3.05, 3.63) is 23.7 Å². The quantitative estimate of drug-likeness (QED) is 0.556. The molecule has 2 amide bonds. The second-order valence-electron chi connectivity index (χ2n) is 4.83. The van der Waals surface area contributed by atoms with Crippen molar-refractivity contribution < 1.29 is 9.59 Å². The molecule has 3 aliphatic rings. The van der Waals surface area contributed by atoms with Gasteiger partial charge in [-0.25, -0.2) is 9.88 Å². The Labute approximate surface area is 102 Å². The number of carbonyl (C=O) groups excluding carboxylic acids is 2. The molecule has 5 heteroatoms. The number of carbonyl (C=O) groups is 2. The van der Waals surface area contributed by atoms with E-state index in [-0.39, 0.29) is 35.5 Å². The van der Waals surface area contributed by atoms with Gasteiger partial charge >= 0.3 is 0 Å². The standard InChI is InChI=1S/C12H10N2O2S/c15-10-8-6-1-2-7(5-6)9(8)11(16)14(10)12-13-3-4-17-12/h1-4,6-9H,5H2/t6-,7-,8+,9+/m0/s1. The Bertz CT molecular complexity index is 507. The van der Waals surface area contributed by atoms with Gasteiger partial charge in [0, 0.05) is 11.6 Å². The zero-order valence-corrected chi connectivity index (χ0v) is 9.76. The average Bonchev–Trinajstić information content (AvgIpc) is 3.03. The molecule has 4 atom stereocenters. The molecule has 0 spiro atoms. The van der Waals surface area contributed by atoms with Gasteiger partial charge in [0.1, 0.15) is 0 Å². The second-order valence-corrected chi connectivity index (χ2v) is 5.70. The lowest BCUT2D eigenvalue weighted by Gasteiger charge is -2.14. The highest BCUT2D eigenvalue weighted by molar-refractivity contribution is 7.14. The summed E-state index contributed by atoms with van der Waals surface area (Å²) in [6, 6.07) is 0. The summed E-state index contributed by atoms with van der Waals surface area (Å²) in [5.41, 5.74) is 0. The molecule has 4 nitrogen and oxygen atoms in total. The fraction of sp³-hybridized carbons (Fsp3) is 0.417. The number of amides is 2. The summed E-state index contributed by atoms with van der Waals surface area (Å²) in [6.07, 6.45) is 6.80. The Balaban J connectivity index is 1.79. The summed E-state index contributed by atoms with van der Waals surface area (Å²) < 4.78 is 0. The number of hydrogen-bond acceptors (Lipinski definition) is 4. The van der Waals surface area contributed by atoms with Crippen LogP contribution in [0.25, 0.3) is 0 Å². The number of hydrogen-bond donors (Lipinski definition) is 0. The van der Waals surface area contributed by atoms with Crippen LogP contribution in [0.15, 0.2) is 23.7 Å². The van der Waals surface area contributed by atoms with Gasteiger partial charge in [-0.15, -0.1) is 11.3 Å². The highest BCUT2D eigenvalue weighted by Crippen LogP contribution is 2.53. The SMILES string of the molecule is O=C1[C@H]2[C@H](C(=O)N1c1nccs1)[C@H]1C=C[C@H]2C1. The van der Waals surface area contributed by atoms with E-state index in [1.54, 1.807) is 11.6 Å². The molecule has 17 heavy (non-hydrogen) atoms. The van der Waals surface area contributed by atoms with Gasteiger partial charge in [0.2, 0.25) is 11.8 Å². The minimum atomic E-state index is -0.124. The Hall–Kier alpha value is -1.49. The van der Waals surface area contributed by atoms with Crippen molar-refractivity contribution in [1.29, 1.82) is 0 Å². The van der Waals surface area contributed by atoms with Gasteiger partial charge in [-0.3, -0.25) is 9.59 Å². The van der Waals surface area contributed by atoms with Crippen molar-refractivity contribution in [2.45, 2.75) is 6.42 Å². The fourth-order valence-corrected chi connectivity index (χ4v) is 4.07. The van der Waals surface area contributed by atoms with Gasteiger partial charge in [0.05, 0.1) is 11.8 Å². The Morgan fingerprint density at radius 2 is 1.82 bits per heavy atom. The van der Waals surface area contributed by atoms with Gasteiger partial charge in [0.15, 0.2) is 5.13 Å². The van der Waals surface area contributed by atoms with E-state index in [1.807, 2.05) is 0 Å². The topological polar surface area (TPSA) is 50.3 Å². The fourth-order valence-electron chi connectivity index (χ4n) is 3.42. The Morgan fingerprint density at radius 3 is 2.35 bits per heavy atom. The van der Waals surface area contributed by atoms with Crippen LogP contribution in [0, 0.1) is 23.7 Å². The van der Waals surface area contributed by atoms with Crippen molar-refractivity contribution >= 4 is 28.3 Å². The van der Waals surface area contributed by atoms with Crippen LogP contribution < -0.4 is 4.90 Å². The van der Waals surface area contributed by atoms with Crippen LogP contribution in [0.2, 0.25) is 0 Å². The third-order valence-corrected chi connectivity index (χ3v) is 4.84. The number of aromatic nitrogens is 1. The summed E-state index contributed by atoms with van der Waals surface area (Å²) in [5, 5.41) is 2.31. The molecular weight excluding hydrogens is 236 g/mol. The molecule has 1 saturated heterocycles. The van der Waals surface area contributed by atoms with Gasteiger partial charge < -0.3 is 0 Å². The van der Waals surface area contributed by atoms with E-state index in [0.717, 1.165) is 6.42 Å². The van der Waals surface area contributed by atoms with E-state index in [4.69, 9.17) is 0 Å². The monoisotopic (exact) mass is 246 g/mol. The van der Waals surface area contributed by atoms with Gasteiger partial charge in [0.25, 0.3) is 0 Å². The second kappa shape index (κ2) is 3.04. The van der Waals surface area contributed by atoms with Crippen LogP contribution in [-0.4, -0.2) is 16.8 Å². The first-order chi connectivity index (χ1) is 8.27. The predicted molar refractivity (Wildman–Crippen MR) is 62.3 cm³/mol.